The van der Waals surface area contributed by atoms with Crippen LogP contribution in [0.15, 0.2) is 36.4 Å². The van der Waals surface area contributed by atoms with Gasteiger partial charge >= 0.3 is 0 Å². The van der Waals surface area contributed by atoms with Crippen LogP contribution in [0.1, 0.15) is 47.0 Å². The highest BCUT2D eigenvalue weighted by Crippen LogP contribution is 2.32. The van der Waals surface area contributed by atoms with Gasteiger partial charge in [-0.3, -0.25) is 0 Å². The summed E-state index contributed by atoms with van der Waals surface area (Å²) in [5, 5.41) is -0.439. The first kappa shape index (κ1) is 15.1. The van der Waals surface area contributed by atoms with Crippen molar-refractivity contribution >= 4 is 11.6 Å². The number of aryl methyl sites for hydroxylation is 3. The lowest BCUT2D eigenvalue weighted by Crippen LogP contribution is -2.00. The lowest BCUT2D eigenvalue weighted by Gasteiger charge is -2.15. The Hall–Kier alpha value is -1.34. The first-order valence-electron chi connectivity index (χ1n) is 7.08. The molecule has 106 valence electrons. The molecule has 2 heteroatoms. The van der Waals surface area contributed by atoms with Crippen LogP contribution in [-0.4, -0.2) is 0 Å². The predicted octanol–water partition coefficient (Wildman–Crippen LogP) is 5.59. The Morgan fingerprint density at radius 1 is 1.00 bits per heavy atom. The molecule has 0 saturated heterocycles. The molecule has 0 N–H and O–H groups in total. The second-order valence-corrected chi connectivity index (χ2v) is 5.56. The van der Waals surface area contributed by atoms with Crippen molar-refractivity contribution in [3.8, 4) is 0 Å². The predicted molar refractivity (Wildman–Crippen MR) is 84.0 cm³/mol. The summed E-state index contributed by atoms with van der Waals surface area (Å²) in [5.41, 5.74) is 5.17. The minimum Gasteiger partial charge on any atom is -0.207 e. The summed E-state index contributed by atoms with van der Waals surface area (Å²) >= 11 is 6.49. The molecule has 0 amide bonds. The third-order valence-electron chi connectivity index (χ3n) is 3.71. The Morgan fingerprint density at radius 3 is 2.35 bits per heavy atom. The van der Waals surface area contributed by atoms with Gasteiger partial charge in [0.05, 0.1) is 5.38 Å². The first-order chi connectivity index (χ1) is 9.56. The van der Waals surface area contributed by atoms with Crippen LogP contribution in [0.4, 0.5) is 4.39 Å². The average molecular weight is 291 g/mol. The maximum absolute atomic E-state index is 13.9. The van der Waals surface area contributed by atoms with E-state index in [1.165, 1.54) is 17.2 Å². The molecule has 1 unspecified atom stereocenters. The summed E-state index contributed by atoms with van der Waals surface area (Å²) in [5.74, 6) is -0.242. The van der Waals surface area contributed by atoms with Gasteiger partial charge in [0.25, 0.3) is 0 Å². The summed E-state index contributed by atoms with van der Waals surface area (Å²) in [4.78, 5) is 0. The van der Waals surface area contributed by atoms with Crippen molar-refractivity contribution in [1.82, 2.24) is 0 Å². The topological polar surface area (TPSA) is 0 Å². The number of hydrogen-bond donors (Lipinski definition) is 0. The minimum absolute atomic E-state index is 0.242. The van der Waals surface area contributed by atoms with Gasteiger partial charge in [0.1, 0.15) is 5.82 Å². The summed E-state index contributed by atoms with van der Waals surface area (Å²) in [6, 6.07) is 11.3. The van der Waals surface area contributed by atoms with Gasteiger partial charge in [-0.25, -0.2) is 4.39 Å². The smallest absolute Gasteiger partial charge is 0.128 e. The number of hydrogen-bond acceptors (Lipinski definition) is 0. The molecule has 0 nitrogen and oxygen atoms in total. The second-order valence-electron chi connectivity index (χ2n) is 5.12. The van der Waals surface area contributed by atoms with Crippen LogP contribution >= 0.6 is 11.6 Å². The van der Waals surface area contributed by atoms with Crippen molar-refractivity contribution in [2.75, 3.05) is 0 Å². The normalized spacial score (nSPS) is 12.4. The van der Waals surface area contributed by atoms with Crippen molar-refractivity contribution in [2.45, 2.75) is 39.0 Å². The Labute approximate surface area is 125 Å². The molecule has 0 fully saturated rings. The quantitative estimate of drug-likeness (QED) is 0.644. The molecule has 2 aromatic carbocycles. The molecule has 0 aliphatic rings. The van der Waals surface area contributed by atoms with Crippen LogP contribution in [-0.2, 0) is 12.8 Å². The van der Waals surface area contributed by atoms with Crippen LogP contribution in [0.25, 0.3) is 0 Å². The van der Waals surface area contributed by atoms with E-state index in [-0.39, 0.29) is 5.82 Å². The zero-order valence-electron chi connectivity index (χ0n) is 12.2. The van der Waals surface area contributed by atoms with Crippen molar-refractivity contribution in [3.05, 3.63) is 70.0 Å². The van der Waals surface area contributed by atoms with Gasteiger partial charge in [-0.2, -0.15) is 0 Å². The van der Waals surface area contributed by atoms with Crippen LogP contribution in [0.5, 0.6) is 0 Å². The Kier molecular flexibility index (Phi) is 4.82. The average Bonchev–Trinajstić information content (AvgIpc) is 2.48. The number of rotatable bonds is 4. The monoisotopic (exact) mass is 290 g/mol. The van der Waals surface area contributed by atoms with Gasteiger partial charge in [-0.15, -0.1) is 11.6 Å². The molecule has 2 rings (SSSR count). The summed E-state index contributed by atoms with van der Waals surface area (Å²) in [7, 11) is 0. The molecule has 1 atom stereocenters. The van der Waals surface area contributed by atoms with Crippen molar-refractivity contribution in [2.24, 2.45) is 0 Å². The van der Waals surface area contributed by atoms with Crippen LogP contribution in [0.3, 0.4) is 0 Å². The van der Waals surface area contributed by atoms with E-state index in [0.717, 1.165) is 24.0 Å². The molecule has 0 heterocycles. The van der Waals surface area contributed by atoms with E-state index in [0.29, 0.717) is 5.56 Å². The Balaban J connectivity index is 2.42. The molecule has 0 spiro atoms. The van der Waals surface area contributed by atoms with Gasteiger partial charge < -0.3 is 0 Å². The second kappa shape index (κ2) is 6.41. The molecule has 2 aromatic rings. The van der Waals surface area contributed by atoms with E-state index in [1.54, 1.807) is 6.07 Å². The van der Waals surface area contributed by atoms with E-state index in [4.69, 9.17) is 11.6 Å². The molecular formula is C18H20ClF. The highest BCUT2D eigenvalue weighted by atomic mass is 35.5. The van der Waals surface area contributed by atoms with E-state index in [9.17, 15) is 4.39 Å². The summed E-state index contributed by atoms with van der Waals surface area (Å²) in [6.45, 7) is 6.23. The molecule has 0 aliphatic heterocycles. The van der Waals surface area contributed by atoms with Crippen molar-refractivity contribution < 1.29 is 4.39 Å². The van der Waals surface area contributed by atoms with Crippen molar-refractivity contribution in [1.29, 1.82) is 0 Å². The maximum Gasteiger partial charge on any atom is 0.128 e. The van der Waals surface area contributed by atoms with Gasteiger partial charge in [0.15, 0.2) is 0 Å². The molecule has 0 radical (unpaired) electrons. The van der Waals surface area contributed by atoms with Gasteiger partial charge in [0, 0.05) is 5.56 Å². The Bertz CT molecular complexity index is 604. The summed E-state index contributed by atoms with van der Waals surface area (Å²) < 4.78 is 13.9. The molecule has 0 aliphatic carbocycles. The molecule has 0 bridgehead atoms. The molecule has 20 heavy (non-hydrogen) atoms. The summed E-state index contributed by atoms with van der Waals surface area (Å²) in [6.07, 6.45) is 1.98. The molecule has 0 saturated carbocycles. The SMILES string of the molecule is CCc1ccc(C(Cl)c2cc(C)ccc2F)cc1CC. The largest absolute Gasteiger partial charge is 0.207 e. The Morgan fingerprint density at radius 2 is 1.70 bits per heavy atom. The zero-order valence-corrected chi connectivity index (χ0v) is 13.0. The van der Waals surface area contributed by atoms with Crippen LogP contribution in [0, 0.1) is 12.7 Å². The van der Waals surface area contributed by atoms with Crippen molar-refractivity contribution in [3.63, 3.8) is 0 Å². The van der Waals surface area contributed by atoms with Crippen LogP contribution < -0.4 is 0 Å². The third kappa shape index (κ3) is 3.04. The number of halogens is 2. The lowest BCUT2D eigenvalue weighted by atomic mass is 9.95. The zero-order chi connectivity index (χ0) is 14.7. The third-order valence-corrected chi connectivity index (χ3v) is 4.20. The van der Waals surface area contributed by atoms with E-state index >= 15 is 0 Å². The maximum atomic E-state index is 13.9. The first-order valence-corrected chi connectivity index (χ1v) is 7.52. The molecular weight excluding hydrogens is 271 g/mol. The molecule has 0 aromatic heterocycles. The van der Waals surface area contributed by atoms with E-state index in [2.05, 4.69) is 26.0 Å². The van der Waals surface area contributed by atoms with E-state index < -0.39 is 5.38 Å². The number of benzene rings is 2. The van der Waals surface area contributed by atoms with Gasteiger partial charge in [-0.05, 0) is 42.5 Å². The fraction of sp³-hybridized carbons (Fsp3) is 0.333. The highest BCUT2D eigenvalue weighted by Gasteiger charge is 2.16. The van der Waals surface area contributed by atoms with Gasteiger partial charge in [0.2, 0.25) is 0 Å². The highest BCUT2D eigenvalue weighted by molar-refractivity contribution is 6.22. The lowest BCUT2D eigenvalue weighted by molar-refractivity contribution is 0.611. The minimum atomic E-state index is -0.439. The fourth-order valence-corrected chi connectivity index (χ4v) is 2.82. The van der Waals surface area contributed by atoms with Crippen LogP contribution in [0.2, 0.25) is 0 Å². The van der Waals surface area contributed by atoms with E-state index in [1.807, 2.05) is 19.1 Å². The number of alkyl halides is 1. The standard InChI is InChI=1S/C18H20ClF/c1-4-13-7-8-15(11-14(13)5-2)18(19)16-10-12(3)6-9-17(16)20/h6-11,18H,4-5H2,1-3H3. The van der Waals surface area contributed by atoms with Gasteiger partial charge in [-0.1, -0.05) is 49.7 Å². The fourth-order valence-electron chi connectivity index (χ4n) is 2.51.